The van der Waals surface area contributed by atoms with E-state index in [1.807, 2.05) is 0 Å². The first kappa shape index (κ1) is 17.6. The minimum atomic E-state index is -5.02. The highest BCUT2D eigenvalue weighted by atomic mass is 19.4. The molecule has 0 saturated carbocycles. The number of carbonyl (C=O) groups excluding carboxylic acids is 1. The zero-order chi connectivity index (χ0) is 18.0. The Bertz CT molecular complexity index is 746. The van der Waals surface area contributed by atoms with Crippen molar-refractivity contribution < 1.29 is 26.7 Å². The predicted octanol–water partition coefficient (Wildman–Crippen LogP) is 3.96. The van der Waals surface area contributed by atoms with Gasteiger partial charge in [-0.2, -0.15) is 13.2 Å². The number of benzene rings is 1. The molecule has 1 amide bonds. The molecule has 0 atom stereocenters. The number of anilines is 2. The summed E-state index contributed by atoms with van der Waals surface area (Å²) in [6, 6.07) is 8.34. The summed E-state index contributed by atoms with van der Waals surface area (Å²) in [6.07, 6.45) is -7.30. The van der Waals surface area contributed by atoms with E-state index in [-0.39, 0.29) is 17.2 Å². The number of nitrogen functional groups attached to an aromatic ring is 1. The van der Waals surface area contributed by atoms with Crippen molar-refractivity contribution in [2.75, 3.05) is 11.1 Å². The van der Waals surface area contributed by atoms with Gasteiger partial charge in [0.1, 0.15) is 17.9 Å². The molecule has 1 aromatic carbocycles. The fraction of sp³-hybridized carbons (Fsp3) is 0.200. The molecular formula is C15H12F5N3O. The van der Waals surface area contributed by atoms with Gasteiger partial charge in [0.05, 0.1) is 0 Å². The second kappa shape index (κ2) is 6.42. The fourth-order valence-electron chi connectivity index (χ4n) is 1.95. The van der Waals surface area contributed by atoms with E-state index in [1.54, 1.807) is 0 Å². The summed E-state index contributed by atoms with van der Waals surface area (Å²) in [7, 11) is 0. The molecule has 2 aromatic rings. The smallest absolute Gasteiger partial charge is 0.384 e. The molecule has 1 aromatic heterocycles. The molecule has 128 valence electrons. The molecule has 0 spiro atoms. The minimum absolute atomic E-state index is 0.0533. The maximum absolute atomic E-state index is 13.7. The lowest BCUT2D eigenvalue weighted by Crippen LogP contribution is -2.24. The summed E-state index contributed by atoms with van der Waals surface area (Å²) in [5.41, 5.74) is 4.45. The molecule has 0 aliphatic rings. The molecule has 0 saturated heterocycles. The largest absolute Gasteiger partial charge is 0.395 e. The number of aromatic nitrogens is 1. The van der Waals surface area contributed by atoms with E-state index < -0.39 is 30.0 Å². The quantitative estimate of drug-likeness (QED) is 0.824. The average molecular weight is 345 g/mol. The van der Waals surface area contributed by atoms with Gasteiger partial charge in [-0.15, -0.1) is 0 Å². The Labute approximate surface area is 133 Å². The summed E-state index contributed by atoms with van der Waals surface area (Å²) >= 11 is 0. The van der Waals surface area contributed by atoms with Gasteiger partial charge in [0, 0.05) is 11.3 Å². The Morgan fingerprint density at radius 2 is 1.75 bits per heavy atom. The molecule has 0 radical (unpaired) electrons. The third-order valence-corrected chi connectivity index (χ3v) is 2.97. The molecule has 1 heterocycles. The topological polar surface area (TPSA) is 68.0 Å². The summed E-state index contributed by atoms with van der Waals surface area (Å²) in [6.45, 7) is 0. The van der Waals surface area contributed by atoms with Crippen LogP contribution in [0.5, 0.6) is 0 Å². The van der Waals surface area contributed by atoms with Crippen LogP contribution in [0.4, 0.5) is 33.5 Å². The van der Waals surface area contributed by atoms with Gasteiger partial charge in [0.2, 0.25) is 0 Å². The van der Waals surface area contributed by atoms with E-state index in [1.165, 1.54) is 24.3 Å². The van der Waals surface area contributed by atoms with E-state index >= 15 is 0 Å². The number of halogens is 5. The molecule has 0 unspecified atom stereocenters. The lowest BCUT2D eigenvalue weighted by molar-refractivity contribution is -0.190. The van der Waals surface area contributed by atoms with Crippen molar-refractivity contribution in [3.63, 3.8) is 0 Å². The molecule has 24 heavy (non-hydrogen) atoms. The number of alkyl halides is 5. The summed E-state index contributed by atoms with van der Waals surface area (Å²) in [5, 5.41) is 2.29. The van der Waals surface area contributed by atoms with E-state index in [0.717, 1.165) is 18.2 Å². The van der Waals surface area contributed by atoms with Gasteiger partial charge in [0.25, 0.3) is 11.8 Å². The third kappa shape index (κ3) is 4.64. The van der Waals surface area contributed by atoms with E-state index in [9.17, 15) is 26.7 Å². The zero-order valence-electron chi connectivity index (χ0n) is 12.1. The Hall–Kier alpha value is -2.71. The average Bonchev–Trinajstić information content (AvgIpc) is 2.45. The van der Waals surface area contributed by atoms with Gasteiger partial charge in [-0.1, -0.05) is 18.2 Å². The number of pyridine rings is 1. The second-order valence-electron chi connectivity index (χ2n) is 4.98. The van der Waals surface area contributed by atoms with E-state index in [4.69, 9.17) is 5.73 Å². The Morgan fingerprint density at radius 3 is 2.38 bits per heavy atom. The summed E-state index contributed by atoms with van der Waals surface area (Å²) < 4.78 is 64.1. The van der Waals surface area contributed by atoms with Gasteiger partial charge in [0.15, 0.2) is 0 Å². The number of nitrogens with one attached hydrogen (secondary N) is 1. The number of amides is 1. The van der Waals surface area contributed by atoms with E-state index in [2.05, 4.69) is 10.3 Å². The van der Waals surface area contributed by atoms with Crippen LogP contribution in [0.2, 0.25) is 0 Å². The Morgan fingerprint density at radius 1 is 1.08 bits per heavy atom. The number of nitrogens with two attached hydrogens (primary N) is 1. The Balaban J connectivity index is 2.20. The molecule has 9 heteroatoms. The molecule has 2 rings (SSSR count). The first-order chi connectivity index (χ1) is 11.1. The van der Waals surface area contributed by atoms with Crippen LogP contribution in [0.1, 0.15) is 22.5 Å². The van der Waals surface area contributed by atoms with Crippen molar-refractivity contribution in [1.29, 1.82) is 0 Å². The van der Waals surface area contributed by atoms with Crippen molar-refractivity contribution in [3.05, 3.63) is 53.7 Å². The maximum Gasteiger partial charge on any atom is 0.395 e. The van der Waals surface area contributed by atoms with Crippen molar-refractivity contribution in [1.82, 2.24) is 4.98 Å². The molecule has 0 aliphatic heterocycles. The van der Waals surface area contributed by atoms with Crippen molar-refractivity contribution in [2.45, 2.75) is 18.5 Å². The van der Waals surface area contributed by atoms with Crippen LogP contribution < -0.4 is 11.1 Å². The van der Waals surface area contributed by atoms with Crippen molar-refractivity contribution in [2.24, 2.45) is 0 Å². The van der Waals surface area contributed by atoms with Gasteiger partial charge >= 0.3 is 6.18 Å². The monoisotopic (exact) mass is 345 g/mol. The molecule has 3 N–H and O–H groups in total. The molecular weight excluding hydrogens is 333 g/mol. The van der Waals surface area contributed by atoms with Crippen LogP contribution >= 0.6 is 0 Å². The standard InChI is InChI=1S/C15H12F5N3O/c16-14(17,8-15(18,19)20)9-3-1-4-10(7-9)22-13(24)11-5-2-6-12(21)23-11/h1-7H,8H2,(H2,21,23)(H,22,24). The van der Waals surface area contributed by atoms with Crippen LogP contribution in [-0.2, 0) is 5.92 Å². The number of carbonyl (C=O) groups is 1. The predicted molar refractivity (Wildman–Crippen MR) is 77.6 cm³/mol. The van der Waals surface area contributed by atoms with Crippen molar-refractivity contribution in [3.8, 4) is 0 Å². The summed E-state index contributed by atoms with van der Waals surface area (Å²) in [5.74, 6) is -4.74. The van der Waals surface area contributed by atoms with Crippen LogP contribution in [0.3, 0.4) is 0 Å². The fourth-order valence-corrected chi connectivity index (χ4v) is 1.95. The minimum Gasteiger partial charge on any atom is -0.384 e. The third-order valence-electron chi connectivity index (χ3n) is 2.97. The molecule has 0 bridgehead atoms. The first-order valence-electron chi connectivity index (χ1n) is 6.66. The number of hydrogen-bond donors (Lipinski definition) is 2. The highest BCUT2D eigenvalue weighted by Crippen LogP contribution is 2.39. The van der Waals surface area contributed by atoms with Crippen molar-refractivity contribution >= 4 is 17.4 Å². The summed E-state index contributed by atoms with van der Waals surface area (Å²) in [4.78, 5) is 15.7. The molecule has 4 nitrogen and oxygen atoms in total. The molecule has 0 fully saturated rings. The lowest BCUT2D eigenvalue weighted by atomic mass is 10.0. The van der Waals surface area contributed by atoms with E-state index in [0.29, 0.717) is 0 Å². The van der Waals surface area contributed by atoms with Gasteiger partial charge in [-0.25, -0.2) is 13.8 Å². The number of hydrogen-bond acceptors (Lipinski definition) is 3. The van der Waals surface area contributed by atoms with Crippen LogP contribution in [0, 0.1) is 0 Å². The van der Waals surface area contributed by atoms with Gasteiger partial charge in [-0.3, -0.25) is 4.79 Å². The van der Waals surface area contributed by atoms with Gasteiger partial charge < -0.3 is 11.1 Å². The van der Waals surface area contributed by atoms with Crippen LogP contribution in [0.25, 0.3) is 0 Å². The first-order valence-corrected chi connectivity index (χ1v) is 6.66. The SMILES string of the molecule is Nc1cccc(C(=O)Nc2cccc(C(F)(F)CC(F)(F)F)c2)n1. The van der Waals surface area contributed by atoms with Crippen LogP contribution in [-0.4, -0.2) is 17.1 Å². The van der Waals surface area contributed by atoms with Gasteiger partial charge in [-0.05, 0) is 24.3 Å². The number of nitrogens with zero attached hydrogens (tertiary/aromatic N) is 1. The highest BCUT2D eigenvalue weighted by Gasteiger charge is 2.44. The maximum atomic E-state index is 13.7. The second-order valence-corrected chi connectivity index (χ2v) is 4.98. The van der Waals surface area contributed by atoms with Crippen LogP contribution in [0.15, 0.2) is 42.5 Å². The highest BCUT2D eigenvalue weighted by molar-refractivity contribution is 6.03. The normalized spacial score (nSPS) is 12.0. The zero-order valence-corrected chi connectivity index (χ0v) is 12.1. The number of rotatable bonds is 4. The lowest BCUT2D eigenvalue weighted by Gasteiger charge is -2.19. The molecule has 0 aliphatic carbocycles. The Kier molecular flexibility index (Phi) is 4.72.